The van der Waals surface area contributed by atoms with Crippen molar-refractivity contribution in [3.63, 3.8) is 0 Å². The Morgan fingerprint density at radius 1 is 1.54 bits per heavy atom. The Morgan fingerprint density at radius 3 is 2.77 bits per heavy atom. The molecule has 0 aliphatic heterocycles. The van der Waals surface area contributed by atoms with E-state index in [1.807, 2.05) is 6.07 Å². The van der Waals surface area contributed by atoms with Gasteiger partial charge in [0, 0.05) is 10.5 Å². The summed E-state index contributed by atoms with van der Waals surface area (Å²) in [6.07, 6.45) is 0.190. The molecule has 0 bridgehead atoms. The van der Waals surface area contributed by atoms with Crippen LogP contribution in [-0.2, 0) is 0 Å². The molecule has 0 fully saturated rings. The molecule has 1 atom stereocenters. The quantitative estimate of drug-likeness (QED) is 0.867. The first-order valence-electron chi connectivity index (χ1n) is 3.72. The molecular weight excluding hydrogens is 235 g/mol. The van der Waals surface area contributed by atoms with E-state index in [2.05, 4.69) is 15.9 Å². The third-order valence-corrected chi connectivity index (χ3v) is 2.08. The van der Waals surface area contributed by atoms with E-state index in [0.717, 1.165) is 0 Å². The fourth-order valence-corrected chi connectivity index (χ4v) is 1.49. The van der Waals surface area contributed by atoms with Crippen molar-refractivity contribution < 1.29 is 4.39 Å². The Bertz CT molecular complexity index is 326. The van der Waals surface area contributed by atoms with Crippen molar-refractivity contribution in [3.8, 4) is 6.07 Å². The lowest BCUT2D eigenvalue weighted by Gasteiger charge is -2.07. The highest BCUT2D eigenvalue weighted by Gasteiger charge is 2.07. The van der Waals surface area contributed by atoms with Crippen molar-refractivity contribution in [2.45, 2.75) is 12.5 Å². The molecule has 2 N–H and O–H groups in total. The van der Waals surface area contributed by atoms with Crippen LogP contribution in [-0.4, -0.2) is 0 Å². The summed E-state index contributed by atoms with van der Waals surface area (Å²) in [5.74, 6) is -0.349. The first kappa shape index (κ1) is 10.2. The number of nitriles is 1. The van der Waals surface area contributed by atoms with Gasteiger partial charge in [0.05, 0.1) is 12.5 Å². The zero-order valence-corrected chi connectivity index (χ0v) is 8.38. The second-order valence-electron chi connectivity index (χ2n) is 2.67. The Balaban J connectivity index is 2.95. The van der Waals surface area contributed by atoms with E-state index >= 15 is 0 Å². The van der Waals surface area contributed by atoms with Crippen molar-refractivity contribution in [1.29, 1.82) is 5.26 Å². The van der Waals surface area contributed by atoms with E-state index < -0.39 is 6.04 Å². The SMILES string of the molecule is N#CC[C@H](N)c1cc(F)cc(Br)c1. The van der Waals surface area contributed by atoms with Crippen LogP contribution in [0.3, 0.4) is 0 Å². The van der Waals surface area contributed by atoms with Gasteiger partial charge in [0.25, 0.3) is 0 Å². The van der Waals surface area contributed by atoms with Crippen molar-refractivity contribution >= 4 is 15.9 Å². The first-order chi connectivity index (χ1) is 6.13. The van der Waals surface area contributed by atoms with Gasteiger partial charge in [-0.2, -0.15) is 5.26 Å². The van der Waals surface area contributed by atoms with Crippen LogP contribution in [0.1, 0.15) is 18.0 Å². The summed E-state index contributed by atoms with van der Waals surface area (Å²) in [5.41, 5.74) is 6.27. The summed E-state index contributed by atoms with van der Waals surface area (Å²) in [6.45, 7) is 0. The number of benzene rings is 1. The van der Waals surface area contributed by atoms with Crippen LogP contribution in [0.15, 0.2) is 22.7 Å². The Morgan fingerprint density at radius 2 is 2.23 bits per heavy atom. The number of nitrogens with two attached hydrogens (primary N) is 1. The third kappa shape index (κ3) is 2.79. The maximum Gasteiger partial charge on any atom is 0.124 e. The van der Waals surface area contributed by atoms with Gasteiger partial charge in [0.15, 0.2) is 0 Å². The molecule has 1 aromatic rings. The van der Waals surface area contributed by atoms with Crippen LogP contribution in [0.2, 0.25) is 0 Å². The molecule has 0 heterocycles. The molecule has 1 rings (SSSR count). The van der Waals surface area contributed by atoms with Crippen molar-refractivity contribution in [1.82, 2.24) is 0 Å². The lowest BCUT2D eigenvalue weighted by atomic mass is 10.1. The standard InChI is InChI=1S/C9H8BrFN2/c10-7-3-6(4-8(11)5-7)9(13)1-2-12/h3-5,9H,1,13H2/t9-/m0/s1. The van der Waals surface area contributed by atoms with E-state index in [-0.39, 0.29) is 12.2 Å². The summed E-state index contributed by atoms with van der Waals surface area (Å²) in [6, 6.07) is 5.93. The minimum Gasteiger partial charge on any atom is -0.323 e. The predicted molar refractivity (Wildman–Crippen MR) is 51.3 cm³/mol. The molecule has 68 valence electrons. The normalized spacial score (nSPS) is 12.2. The van der Waals surface area contributed by atoms with Crippen LogP contribution >= 0.6 is 15.9 Å². The molecule has 0 spiro atoms. The van der Waals surface area contributed by atoms with E-state index in [4.69, 9.17) is 11.0 Å². The highest BCUT2D eigenvalue weighted by Crippen LogP contribution is 2.20. The zero-order valence-electron chi connectivity index (χ0n) is 6.80. The second kappa shape index (κ2) is 4.35. The van der Waals surface area contributed by atoms with E-state index in [0.29, 0.717) is 10.0 Å². The number of rotatable bonds is 2. The highest BCUT2D eigenvalue weighted by atomic mass is 79.9. The van der Waals surface area contributed by atoms with Gasteiger partial charge >= 0.3 is 0 Å². The molecule has 13 heavy (non-hydrogen) atoms. The van der Waals surface area contributed by atoms with Gasteiger partial charge < -0.3 is 5.73 Å². The van der Waals surface area contributed by atoms with E-state index in [1.165, 1.54) is 12.1 Å². The van der Waals surface area contributed by atoms with Crippen LogP contribution in [0.5, 0.6) is 0 Å². The van der Waals surface area contributed by atoms with E-state index in [9.17, 15) is 4.39 Å². The molecule has 4 heteroatoms. The second-order valence-corrected chi connectivity index (χ2v) is 3.59. The van der Waals surface area contributed by atoms with Crippen molar-refractivity contribution in [3.05, 3.63) is 34.1 Å². The average molecular weight is 243 g/mol. The van der Waals surface area contributed by atoms with Crippen molar-refractivity contribution in [2.24, 2.45) is 5.73 Å². The van der Waals surface area contributed by atoms with Crippen LogP contribution in [0, 0.1) is 17.1 Å². The lowest BCUT2D eigenvalue weighted by molar-refractivity contribution is 0.619. The van der Waals surface area contributed by atoms with Gasteiger partial charge in [-0.05, 0) is 23.8 Å². The predicted octanol–water partition coefficient (Wildman–Crippen LogP) is 2.50. The number of halogens is 2. The molecule has 2 nitrogen and oxygen atoms in total. The summed E-state index contributed by atoms with van der Waals surface area (Å²) >= 11 is 3.15. The summed E-state index contributed by atoms with van der Waals surface area (Å²) in [7, 11) is 0. The topological polar surface area (TPSA) is 49.8 Å². The monoisotopic (exact) mass is 242 g/mol. The zero-order chi connectivity index (χ0) is 9.84. The minimum atomic E-state index is -0.419. The maximum absolute atomic E-state index is 12.9. The largest absolute Gasteiger partial charge is 0.323 e. The fourth-order valence-electron chi connectivity index (χ4n) is 1.01. The highest BCUT2D eigenvalue weighted by molar-refractivity contribution is 9.10. The van der Waals surface area contributed by atoms with Crippen molar-refractivity contribution in [2.75, 3.05) is 0 Å². The number of hydrogen-bond donors (Lipinski definition) is 1. The number of hydrogen-bond acceptors (Lipinski definition) is 2. The van der Waals surface area contributed by atoms with Crippen LogP contribution < -0.4 is 5.73 Å². The molecule has 0 aliphatic carbocycles. The molecule has 0 saturated heterocycles. The third-order valence-electron chi connectivity index (χ3n) is 1.62. The molecule has 0 aromatic heterocycles. The van der Waals surface area contributed by atoms with Gasteiger partial charge in [-0.25, -0.2) is 4.39 Å². The van der Waals surface area contributed by atoms with Gasteiger partial charge in [0.1, 0.15) is 5.82 Å². The van der Waals surface area contributed by atoms with Crippen LogP contribution in [0.4, 0.5) is 4.39 Å². The summed E-state index contributed by atoms with van der Waals surface area (Å²) < 4.78 is 13.5. The Kier molecular flexibility index (Phi) is 3.40. The fraction of sp³-hybridized carbons (Fsp3) is 0.222. The maximum atomic E-state index is 12.9. The molecule has 0 aliphatic rings. The summed E-state index contributed by atoms with van der Waals surface area (Å²) in [5, 5.41) is 8.40. The van der Waals surface area contributed by atoms with Gasteiger partial charge in [0.2, 0.25) is 0 Å². The molecule has 1 aromatic carbocycles. The van der Waals surface area contributed by atoms with Crippen LogP contribution in [0.25, 0.3) is 0 Å². The smallest absolute Gasteiger partial charge is 0.124 e. The molecule has 0 saturated carbocycles. The van der Waals surface area contributed by atoms with E-state index in [1.54, 1.807) is 6.07 Å². The first-order valence-corrected chi connectivity index (χ1v) is 4.51. The molecule has 0 unspecified atom stereocenters. The Hall–Kier alpha value is -0.920. The lowest BCUT2D eigenvalue weighted by Crippen LogP contribution is -2.09. The molecule has 0 amide bonds. The number of nitrogens with zero attached hydrogens (tertiary/aromatic N) is 1. The average Bonchev–Trinajstić information content (AvgIpc) is 2.03. The molecular formula is C9H8BrFN2. The summed E-state index contributed by atoms with van der Waals surface area (Å²) in [4.78, 5) is 0. The Labute approximate surface area is 84.3 Å². The minimum absolute atomic E-state index is 0.190. The van der Waals surface area contributed by atoms with Gasteiger partial charge in [-0.3, -0.25) is 0 Å². The van der Waals surface area contributed by atoms with Gasteiger partial charge in [-0.1, -0.05) is 15.9 Å². The molecule has 0 radical (unpaired) electrons. The van der Waals surface area contributed by atoms with Gasteiger partial charge in [-0.15, -0.1) is 0 Å².